The summed E-state index contributed by atoms with van der Waals surface area (Å²) in [5.74, 6) is 2.49. The second-order valence-corrected chi connectivity index (χ2v) is 7.15. The minimum atomic E-state index is -1.04. The molecule has 0 fully saturated rings. The Morgan fingerprint density at radius 1 is 0.767 bits per heavy atom. The van der Waals surface area contributed by atoms with Crippen LogP contribution < -0.4 is 14.2 Å². The summed E-state index contributed by atoms with van der Waals surface area (Å²) in [6, 6.07) is 24.6. The molecule has 0 heterocycles. The lowest BCUT2D eigenvalue weighted by atomic mass is 10.1. The Kier molecular flexibility index (Phi) is 6.96. The maximum Gasteiger partial charge on any atom is 0.349 e. The first kappa shape index (κ1) is 21.2. The SMILES string of the molecule is CCOC(=O)C(C)(C)Oc1ccc(COc2ccc(Oc3ccccc3)cc2)cc1. The molecule has 0 bridgehead atoms. The minimum Gasteiger partial charge on any atom is -0.489 e. The highest BCUT2D eigenvalue weighted by atomic mass is 16.6. The summed E-state index contributed by atoms with van der Waals surface area (Å²) in [5.41, 5.74) is -0.0571. The van der Waals surface area contributed by atoms with Gasteiger partial charge in [-0.3, -0.25) is 0 Å². The van der Waals surface area contributed by atoms with Gasteiger partial charge in [0.05, 0.1) is 6.61 Å². The van der Waals surface area contributed by atoms with Crippen LogP contribution >= 0.6 is 0 Å². The third-order valence-corrected chi connectivity index (χ3v) is 4.27. The Hall–Kier alpha value is -3.47. The van der Waals surface area contributed by atoms with Crippen molar-refractivity contribution in [1.82, 2.24) is 0 Å². The third-order valence-electron chi connectivity index (χ3n) is 4.27. The van der Waals surface area contributed by atoms with Gasteiger partial charge in [0.25, 0.3) is 0 Å². The Balaban J connectivity index is 1.52. The normalized spacial score (nSPS) is 10.9. The van der Waals surface area contributed by atoms with Gasteiger partial charge in [-0.15, -0.1) is 0 Å². The summed E-state index contributed by atoms with van der Waals surface area (Å²) in [6.07, 6.45) is 0. The minimum absolute atomic E-state index is 0.321. The molecule has 0 aliphatic carbocycles. The number of rotatable bonds is 9. The van der Waals surface area contributed by atoms with Gasteiger partial charge in [-0.1, -0.05) is 30.3 Å². The van der Waals surface area contributed by atoms with Crippen LogP contribution in [0.2, 0.25) is 0 Å². The topological polar surface area (TPSA) is 54.0 Å². The molecule has 30 heavy (non-hydrogen) atoms. The predicted octanol–water partition coefficient (Wildman–Crippen LogP) is 5.78. The van der Waals surface area contributed by atoms with E-state index < -0.39 is 11.6 Å². The first-order chi connectivity index (χ1) is 14.5. The summed E-state index contributed by atoms with van der Waals surface area (Å²) in [5, 5.41) is 0. The molecule has 0 amide bonds. The largest absolute Gasteiger partial charge is 0.489 e. The van der Waals surface area contributed by atoms with E-state index in [1.165, 1.54) is 0 Å². The molecular weight excluding hydrogens is 380 g/mol. The van der Waals surface area contributed by atoms with E-state index in [2.05, 4.69) is 0 Å². The molecule has 3 aromatic rings. The number of carbonyl (C=O) groups is 1. The van der Waals surface area contributed by atoms with Crippen LogP contribution in [0.4, 0.5) is 0 Å². The summed E-state index contributed by atoms with van der Waals surface area (Å²) < 4.78 is 22.4. The molecule has 0 saturated heterocycles. The lowest BCUT2D eigenvalue weighted by molar-refractivity contribution is -0.158. The van der Waals surface area contributed by atoms with E-state index in [4.69, 9.17) is 18.9 Å². The second kappa shape index (κ2) is 9.83. The first-order valence-corrected chi connectivity index (χ1v) is 9.87. The number of ether oxygens (including phenoxy) is 4. The Morgan fingerprint density at radius 3 is 1.97 bits per heavy atom. The van der Waals surface area contributed by atoms with Crippen molar-refractivity contribution in [3.63, 3.8) is 0 Å². The Morgan fingerprint density at radius 2 is 1.33 bits per heavy atom. The molecule has 0 aliphatic rings. The number of hydrogen-bond acceptors (Lipinski definition) is 5. The van der Waals surface area contributed by atoms with Crippen LogP contribution in [0, 0.1) is 0 Å². The zero-order chi connectivity index (χ0) is 21.4. The van der Waals surface area contributed by atoms with Crippen molar-refractivity contribution in [1.29, 1.82) is 0 Å². The summed E-state index contributed by atoms with van der Waals surface area (Å²) in [6.45, 7) is 5.88. The monoisotopic (exact) mass is 406 g/mol. The molecule has 0 atom stereocenters. The highest BCUT2D eigenvalue weighted by Gasteiger charge is 2.31. The summed E-state index contributed by atoms with van der Waals surface area (Å²) >= 11 is 0. The standard InChI is InChI=1S/C25H26O5/c1-4-27-24(26)25(2,3)30-23-12-10-19(11-13-23)18-28-20-14-16-22(17-15-20)29-21-8-6-5-7-9-21/h5-17H,4,18H2,1-3H3. The van der Waals surface area contributed by atoms with E-state index in [9.17, 15) is 4.79 Å². The number of benzene rings is 3. The Labute approximate surface area is 177 Å². The fourth-order valence-electron chi connectivity index (χ4n) is 2.69. The fraction of sp³-hybridized carbons (Fsp3) is 0.240. The molecule has 0 aliphatic heterocycles. The van der Waals surface area contributed by atoms with E-state index in [-0.39, 0.29) is 0 Å². The fourth-order valence-corrected chi connectivity index (χ4v) is 2.69. The molecule has 5 nitrogen and oxygen atoms in total. The van der Waals surface area contributed by atoms with Crippen LogP contribution in [-0.4, -0.2) is 18.2 Å². The van der Waals surface area contributed by atoms with Crippen molar-refractivity contribution in [3.8, 4) is 23.0 Å². The van der Waals surface area contributed by atoms with E-state index in [1.807, 2.05) is 78.9 Å². The van der Waals surface area contributed by atoms with Gasteiger partial charge in [-0.25, -0.2) is 4.79 Å². The van der Waals surface area contributed by atoms with Crippen molar-refractivity contribution >= 4 is 5.97 Å². The third kappa shape index (κ3) is 6.01. The number of hydrogen-bond donors (Lipinski definition) is 0. The van der Waals surface area contributed by atoms with Gasteiger partial charge in [0.15, 0.2) is 5.60 Å². The molecule has 0 N–H and O–H groups in total. The average molecular weight is 406 g/mol. The van der Waals surface area contributed by atoms with Crippen LogP contribution in [0.15, 0.2) is 78.9 Å². The smallest absolute Gasteiger partial charge is 0.349 e. The lowest BCUT2D eigenvalue weighted by Gasteiger charge is -2.24. The van der Waals surface area contributed by atoms with Crippen LogP contribution in [0.25, 0.3) is 0 Å². The number of para-hydroxylation sites is 1. The van der Waals surface area contributed by atoms with Gasteiger partial charge >= 0.3 is 5.97 Å². The van der Waals surface area contributed by atoms with Gasteiger partial charge in [-0.05, 0) is 74.9 Å². The number of carbonyl (C=O) groups excluding carboxylic acids is 1. The Bertz CT molecular complexity index is 932. The lowest BCUT2D eigenvalue weighted by Crippen LogP contribution is -2.39. The molecule has 0 spiro atoms. The average Bonchev–Trinajstić information content (AvgIpc) is 2.75. The molecule has 0 aromatic heterocycles. The van der Waals surface area contributed by atoms with Crippen molar-refractivity contribution in [2.75, 3.05) is 6.61 Å². The van der Waals surface area contributed by atoms with Crippen molar-refractivity contribution in [2.24, 2.45) is 0 Å². The van der Waals surface area contributed by atoms with Crippen LogP contribution in [-0.2, 0) is 16.1 Å². The quantitative estimate of drug-likeness (QED) is 0.422. The molecule has 156 valence electrons. The molecule has 5 heteroatoms. The van der Waals surface area contributed by atoms with Gasteiger partial charge in [-0.2, -0.15) is 0 Å². The molecule has 0 unspecified atom stereocenters. The summed E-state index contributed by atoms with van der Waals surface area (Å²) in [4.78, 5) is 11.9. The van der Waals surface area contributed by atoms with E-state index in [0.717, 1.165) is 22.8 Å². The highest BCUT2D eigenvalue weighted by Crippen LogP contribution is 2.25. The molecule has 3 aromatic carbocycles. The van der Waals surface area contributed by atoms with Crippen molar-refractivity contribution in [3.05, 3.63) is 84.4 Å². The van der Waals surface area contributed by atoms with E-state index >= 15 is 0 Å². The van der Waals surface area contributed by atoms with Crippen molar-refractivity contribution in [2.45, 2.75) is 33.0 Å². The first-order valence-electron chi connectivity index (χ1n) is 9.87. The summed E-state index contributed by atoms with van der Waals surface area (Å²) in [7, 11) is 0. The molecule has 3 rings (SSSR count). The van der Waals surface area contributed by atoms with E-state index in [0.29, 0.717) is 19.0 Å². The predicted molar refractivity (Wildman–Crippen MR) is 115 cm³/mol. The van der Waals surface area contributed by atoms with Gasteiger partial charge in [0, 0.05) is 0 Å². The maximum atomic E-state index is 11.9. The van der Waals surface area contributed by atoms with Crippen LogP contribution in [0.1, 0.15) is 26.3 Å². The van der Waals surface area contributed by atoms with Crippen LogP contribution in [0.3, 0.4) is 0 Å². The van der Waals surface area contributed by atoms with Gasteiger partial charge < -0.3 is 18.9 Å². The maximum absolute atomic E-state index is 11.9. The van der Waals surface area contributed by atoms with Gasteiger partial charge in [0.2, 0.25) is 0 Å². The zero-order valence-electron chi connectivity index (χ0n) is 17.5. The second-order valence-electron chi connectivity index (χ2n) is 7.15. The number of esters is 1. The highest BCUT2D eigenvalue weighted by molar-refractivity contribution is 5.79. The van der Waals surface area contributed by atoms with Crippen molar-refractivity contribution < 1.29 is 23.7 Å². The van der Waals surface area contributed by atoms with Crippen LogP contribution in [0.5, 0.6) is 23.0 Å². The molecular formula is C25H26O5. The van der Waals surface area contributed by atoms with Gasteiger partial charge in [0.1, 0.15) is 29.6 Å². The van der Waals surface area contributed by atoms with E-state index in [1.54, 1.807) is 20.8 Å². The zero-order valence-corrected chi connectivity index (χ0v) is 17.5. The molecule has 0 saturated carbocycles. The molecule has 0 radical (unpaired) electrons.